The molecule has 0 N–H and O–H groups in total. The average Bonchev–Trinajstić information content (AvgIpc) is 2.99. The van der Waals surface area contributed by atoms with E-state index in [1.807, 2.05) is 36.1 Å². The molecular formula is C14H14BrClN4. The molecule has 4 nitrogen and oxygen atoms in total. The van der Waals surface area contributed by atoms with Crippen molar-refractivity contribution in [2.24, 2.45) is 7.05 Å². The Morgan fingerprint density at radius 1 is 1.30 bits per heavy atom. The Morgan fingerprint density at radius 3 is 2.85 bits per heavy atom. The summed E-state index contributed by atoms with van der Waals surface area (Å²) in [7, 11) is 2.01. The minimum Gasteiger partial charge on any atom is -0.338 e. The van der Waals surface area contributed by atoms with Crippen molar-refractivity contribution in [3.63, 3.8) is 0 Å². The number of fused-ring (bicyclic) bond motifs is 1. The van der Waals surface area contributed by atoms with Gasteiger partial charge in [0.25, 0.3) is 0 Å². The first-order valence-electron chi connectivity index (χ1n) is 6.36. The summed E-state index contributed by atoms with van der Waals surface area (Å²) < 4.78 is 5.25. The average molecular weight is 354 g/mol. The molecule has 3 aromatic rings. The van der Waals surface area contributed by atoms with Crippen LogP contribution in [0.1, 0.15) is 11.6 Å². The van der Waals surface area contributed by atoms with Gasteiger partial charge in [-0.15, -0.1) is 11.6 Å². The lowest BCUT2D eigenvalue weighted by atomic mass is 10.3. The highest BCUT2D eigenvalue weighted by Gasteiger charge is 2.11. The molecule has 0 spiro atoms. The maximum atomic E-state index is 6.02. The molecular weight excluding hydrogens is 340 g/mol. The summed E-state index contributed by atoms with van der Waals surface area (Å²) in [4.78, 5) is 8.93. The van der Waals surface area contributed by atoms with Crippen molar-refractivity contribution in [1.29, 1.82) is 0 Å². The summed E-state index contributed by atoms with van der Waals surface area (Å²) in [6, 6.07) is 6.08. The molecule has 6 heteroatoms. The molecule has 0 saturated carbocycles. The Kier molecular flexibility index (Phi) is 3.81. The van der Waals surface area contributed by atoms with Crippen LogP contribution >= 0.6 is 27.5 Å². The van der Waals surface area contributed by atoms with Gasteiger partial charge in [-0.2, -0.15) is 0 Å². The largest absolute Gasteiger partial charge is 0.338 e. The van der Waals surface area contributed by atoms with Gasteiger partial charge in [0.05, 0.1) is 16.9 Å². The van der Waals surface area contributed by atoms with Crippen LogP contribution in [0, 0.1) is 0 Å². The van der Waals surface area contributed by atoms with Crippen molar-refractivity contribution in [2.45, 2.75) is 18.8 Å². The van der Waals surface area contributed by atoms with E-state index in [0.29, 0.717) is 5.88 Å². The number of benzene rings is 1. The van der Waals surface area contributed by atoms with Gasteiger partial charge in [-0.05, 0) is 18.2 Å². The lowest BCUT2D eigenvalue weighted by molar-refractivity contribution is 0.646. The van der Waals surface area contributed by atoms with Gasteiger partial charge in [-0.1, -0.05) is 15.9 Å². The summed E-state index contributed by atoms with van der Waals surface area (Å²) in [6.07, 6.45) is 4.63. The highest BCUT2D eigenvalue weighted by molar-refractivity contribution is 9.10. The Balaban J connectivity index is 1.97. The first-order chi connectivity index (χ1) is 9.69. The molecule has 104 valence electrons. The third-order valence-corrected chi connectivity index (χ3v) is 4.12. The van der Waals surface area contributed by atoms with Crippen LogP contribution in [0.15, 0.2) is 35.1 Å². The van der Waals surface area contributed by atoms with E-state index in [-0.39, 0.29) is 0 Å². The number of nitrogens with zero attached hydrogens (tertiary/aromatic N) is 4. The van der Waals surface area contributed by atoms with Crippen LogP contribution in [-0.4, -0.2) is 19.1 Å². The molecule has 0 unspecified atom stereocenters. The van der Waals surface area contributed by atoms with E-state index in [2.05, 4.69) is 36.5 Å². The second-order valence-corrected chi connectivity index (χ2v) is 5.83. The second-order valence-electron chi connectivity index (χ2n) is 4.65. The molecule has 1 aromatic carbocycles. The lowest BCUT2D eigenvalue weighted by Crippen LogP contribution is -2.08. The molecule has 0 aliphatic carbocycles. The van der Waals surface area contributed by atoms with Crippen molar-refractivity contribution < 1.29 is 0 Å². The van der Waals surface area contributed by atoms with Crippen molar-refractivity contribution in [3.8, 4) is 0 Å². The molecule has 3 rings (SSSR count). The maximum Gasteiger partial charge on any atom is 0.124 e. The SMILES string of the molecule is Cn1ccnc1CCn1c(CCl)nc2ccc(Br)cc21. The highest BCUT2D eigenvalue weighted by atomic mass is 79.9. The fraction of sp³-hybridized carbons (Fsp3) is 0.286. The minimum absolute atomic E-state index is 0.410. The zero-order valence-electron chi connectivity index (χ0n) is 11.1. The first-order valence-corrected chi connectivity index (χ1v) is 7.68. The van der Waals surface area contributed by atoms with Gasteiger partial charge in [0.1, 0.15) is 11.6 Å². The number of hydrogen-bond donors (Lipinski definition) is 0. The number of aromatic nitrogens is 4. The van der Waals surface area contributed by atoms with Crippen molar-refractivity contribution in [1.82, 2.24) is 19.1 Å². The van der Waals surface area contributed by atoms with E-state index in [0.717, 1.165) is 40.1 Å². The van der Waals surface area contributed by atoms with Gasteiger partial charge < -0.3 is 9.13 Å². The molecule has 0 atom stereocenters. The standard InChI is InChI=1S/C14H14BrClN4/c1-19-7-5-17-13(19)4-6-20-12-8-10(15)2-3-11(12)18-14(20)9-16/h2-3,5,7-8H,4,6,9H2,1H3. The zero-order valence-corrected chi connectivity index (χ0v) is 13.4. The number of imidazole rings is 2. The van der Waals surface area contributed by atoms with Crippen LogP contribution in [0.4, 0.5) is 0 Å². The van der Waals surface area contributed by atoms with Crippen LogP contribution in [0.25, 0.3) is 11.0 Å². The number of rotatable bonds is 4. The van der Waals surface area contributed by atoms with E-state index in [1.165, 1.54) is 0 Å². The fourth-order valence-corrected chi connectivity index (χ4v) is 2.90. The van der Waals surface area contributed by atoms with Crippen molar-refractivity contribution >= 4 is 38.6 Å². The number of alkyl halides is 1. The fourth-order valence-electron chi connectivity index (χ4n) is 2.35. The molecule has 0 radical (unpaired) electrons. The van der Waals surface area contributed by atoms with Crippen molar-refractivity contribution in [2.75, 3.05) is 0 Å². The molecule has 2 aromatic heterocycles. The van der Waals surface area contributed by atoms with E-state index < -0.39 is 0 Å². The van der Waals surface area contributed by atoms with Gasteiger partial charge >= 0.3 is 0 Å². The van der Waals surface area contributed by atoms with Gasteiger partial charge in [0.2, 0.25) is 0 Å². The summed E-state index contributed by atoms with van der Waals surface area (Å²) in [5.74, 6) is 2.36. The van der Waals surface area contributed by atoms with E-state index >= 15 is 0 Å². The summed E-state index contributed by atoms with van der Waals surface area (Å²) >= 11 is 9.53. The van der Waals surface area contributed by atoms with E-state index in [1.54, 1.807) is 0 Å². The van der Waals surface area contributed by atoms with Gasteiger partial charge in [-0.25, -0.2) is 9.97 Å². The molecule has 2 heterocycles. The maximum absolute atomic E-state index is 6.02. The zero-order chi connectivity index (χ0) is 14.1. The van der Waals surface area contributed by atoms with Crippen LogP contribution in [0.2, 0.25) is 0 Å². The van der Waals surface area contributed by atoms with Gasteiger partial charge in [0.15, 0.2) is 0 Å². The molecule has 0 fully saturated rings. The first kappa shape index (κ1) is 13.6. The smallest absolute Gasteiger partial charge is 0.124 e. The van der Waals surface area contributed by atoms with E-state index in [9.17, 15) is 0 Å². The molecule has 0 amide bonds. The Hall–Kier alpha value is -1.33. The van der Waals surface area contributed by atoms with Gasteiger partial charge in [-0.3, -0.25) is 0 Å². The molecule has 0 aliphatic heterocycles. The van der Waals surface area contributed by atoms with E-state index in [4.69, 9.17) is 11.6 Å². The number of aryl methyl sites for hydroxylation is 3. The monoisotopic (exact) mass is 352 g/mol. The van der Waals surface area contributed by atoms with Crippen LogP contribution in [0.3, 0.4) is 0 Å². The third-order valence-electron chi connectivity index (χ3n) is 3.39. The topological polar surface area (TPSA) is 35.6 Å². The summed E-state index contributed by atoms with van der Waals surface area (Å²) in [5.41, 5.74) is 2.08. The Bertz CT molecular complexity index is 747. The van der Waals surface area contributed by atoms with Crippen LogP contribution in [0.5, 0.6) is 0 Å². The van der Waals surface area contributed by atoms with Crippen LogP contribution < -0.4 is 0 Å². The Morgan fingerprint density at radius 2 is 2.15 bits per heavy atom. The Labute approximate surface area is 130 Å². The predicted molar refractivity (Wildman–Crippen MR) is 83.9 cm³/mol. The molecule has 20 heavy (non-hydrogen) atoms. The molecule has 0 bridgehead atoms. The van der Waals surface area contributed by atoms with Crippen LogP contribution in [-0.2, 0) is 25.9 Å². The van der Waals surface area contributed by atoms with Crippen molar-refractivity contribution in [3.05, 3.63) is 46.7 Å². The number of hydrogen-bond acceptors (Lipinski definition) is 2. The molecule has 0 saturated heterocycles. The highest BCUT2D eigenvalue weighted by Crippen LogP contribution is 2.22. The quantitative estimate of drug-likeness (QED) is 0.673. The lowest BCUT2D eigenvalue weighted by Gasteiger charge is -2.08. The predicted octanol–water partition coefficient (Wildman–Crippen LogP) is 3.51. The van der Waals surface area contributed by atoms with Gasteiger partial charge in [0, 0.05) is 36.9 Å². The minimum atomic E-state index is 0.410. The molecule has 0 aliphatic rings. The normalized spacial score (nSPS) is 11.3. The number of halogens is 2. The summed E-state index contributed by atoms with van der Waals surface area (Å²) in [6.45, 7) is 0.819. The second kappa shape index (κ2) is 5.58. The summed E-state index contributed by atoms with van der Waals surface area (Å²) in [5, 5.41) is 0. The third kappa shape index (κ3) is 2.47.